The lowest BCUT2D eigenvalue weighted by atomic mass is 9.79. The minimum absolute atomic E-state index is 0.206. The van der Waals surface area contributed by atoms with Gasteiger partial charge in [0.2, 0.25) is 0 Å². The zero-order valence-electron chi connectivity index (χ0n) is 20.1. The lowest BCUT2D eigenvalue weighted by Crippen LogP contribution is -2.62. The van der Waals surface area contributed by atoms with Crippen LogP contribution in [-0.2, 0) is 0 Å². The highest BCUT2D eigenvalue weighted by atomic mass is 16.5. The van der Waals surface area contributed by atoms with Crippen LogP contribution < -0.4 is 16.0 Å². The maximum atomic E-state index is 10.4. The molecule has 2 aliphatic heterocycles. The first-order valence-electron chi connectivity index (χ1n) is 11.3. The van der Waals surface area contributed by atoms with E-state index >= 15 is 0 Å². The van der Waals surface area contributed by atoms with Crippen molar-refractivity contribution in [2.45, 2.75) is 115 Å². The molecular weight excluding hydrogens is 366 g/mol. The lowest BCUT2D eigenvalue weighted by Gasteiger charge is -2.51. The van der Waals surface area contributed by atoms with Crippen LogP contribution in [0.15, 0.2) is 0 Å². The molecule has 2 saturated heterocycles. The standard InChI is InChI=1S/C22H47N5O2/c1-19(2)13-17(14-20(3,4)26(19)28)24-11-9-23-10-12-25-18-15-21(5,6)27(29)22(7,8)16-18/h17-18,23-25,28-29H,9-16H2,1-8H3. The predicted octanol–water partition coefficient (Wildman–Crippen LogP) is 2.58. The molecule has 29 heavy (non-hydrogen) atoms. The number of hydrogen-bond acceptors (Lipinski definition) is 7. The summed E-state index contributed by atoms with van der Waals surface area (Å²) in [6.45, 7) is 20.6. The van der Waals surface area contributed by atoms with Crippen LogP contribution in [0.2, 0.25) is 0 Å². The number of hydroxylamine groups is 4. The van der Waals surface area contributed by atoms with Gasteiger partial charge in [-0.1, -0.05) is 0 Å². The molecule has 0 atom stereocenters. The molecule has 2 aliphatic rings. The van der Waals surface area contributed by atoms with Crippen molar-refractivity contribution in [2.24, 2.45) is 0 Å². The van der Waals surface area contributed by atoms with Gasteiger partial charge in [0.15, 0.2) is 0 Å². The summed E-state index contributed by atoms with van der Waals surface area (Å²) in [4.78, 5) is 0. The molecule has 5 N–H and O–H groups in total. The van der Waals surface area contributed by atoms with E-state index in [0.717, 1.165) is 51.9 Å². The van der Waals surface area contributed by atoms with Gasteiger partial charge >= 0.3 is 0 Å². The molecular formula is C22H47N5O2. The Kier molecular flexibility index (Phi) is 7.81. The summed E-state index contributed by atoms with van der Waals surface area (Å²) in [6.07, 6.45) is 3.79. The first kappa shape index (κ1) is 25.0. The number of hydrogen-bond donors (Lipinski definition) is 5. The van der Waals surface area contributed by atoms with Crippen molar-refractivity contribution >= 4 is 0 Å². The highest BCUT2D eigenvalue weighted by molar-refractivity contribution is 4.99. The molecule has 7 heteroatoms. The predicted molar refractivity (Wildman–Crippen MR) is 118 cm³/mol. The molecule has 0 aliphatic carbocycles. The largest absolute Gasteiger partial charge is 0.314 e. The SMILES string of the molecule is CC1(C)CC(NCCNCCNC2CC(C)(C)N(O)C(C)(C)C2)CC(C)(C)N1O. The van der Waals surface area contributed by atoms with E-state index in [9.17, 15) is 10.4 Å². The van der Waals surface area contributed by atoms with E-state index in [1.807, 2.05) is 0 Å². The summed E-state index contributed by atoms with van der Waals surface area (Å²) in [6, 6.07) is 0.855. The summed E-state index contributed by atoms with van der Waals surface area (Å²) in [7, 11) is 0. The monoisotopic (exact) mass is 413 g/mol. The van der Waals surface area contributed by atoms with Crippen LogP contribution >= 0.6 is 0 Å². The second-order valence-corrected chi connectivity index (χ2v) is 11.7. The molecule has 0 radical (unpaired) electrons. The fourth-order valence-electron chi connectivity index (χ4n) is 5.68. The average Bonchev–Trinajstić information content (AvgIpc) is 2.55. The number of nitrogens with one attached hydrogen (secondary N) is 3. The third-order valence-corrected chi connectivity index (χ3v) is 6.75. The van der Waals surface area contributed by atoms with Crippen molar-refractivity contribution < 1.29 is 10.4 Å². The van der Waals surface area contributed by atoms with Gasteiger partial charge in [-0.2, -0.15) is 10.1 Å². The molecule has 2 heterocycles. The maximum absolute atomic E-state index is 10.4. The average molecular weight is 414 g/mol. The second-order valence-electron chi connectivity index (χ2n) is 11.7. The number of piperidine rings is 2. The van der Waals surface area contributed by atoms with Crippen LogP contribution in [0.1, 0.15) is 81.1 Å². The Morgan fingerprint density at radius 3 is 1.14 bits per heavy atom. The quantitative estimate of drug-likeness (QED) is 0.391. The van der Waals surface area contributed by atoms with Gasteiger partial charge in [-0.15, -0.1) is 0 Å². The molecule has 0 aromatic heterocycles. The van der Waals surface area contributed by atoms with E-state index < -0.39 is 0 Å². The molecule has 2 fully saturated rings. The molecule has 172 valence electrons. The first-order valence-corrected chi connectivity index (χ1v) is 11.3. The normalized spacial score (nSPS) is 27.9. The van der Waals surface area contributed by atoms with Crippen LogP contribution in [0.25, 0.3) is 0 Å². The molecule has 0 spiro atoms. The van der Waals surface area contributed by atoms with Gasteiger partial charge in [0.25, 0.3) is 0 Å². The van der Waals surface area contributed by atoms with Crippen LogP contribution in [0.4, 0.5) is 0 Å². The molecule has 0 bridgehead atoms. The van der Waals surface area contributed by atoms with Gasteiger partial charge in [-0.05, 0) is 81.1 Å². The first-order chi connectivity index (χ1) is 13.2. The van der Waals surface area contributed by atoms with E-state index in [2.05, 4.69) is 71.3 Å². The summed E-state index contributed by atoms with van der Waals surface area (Å²) < 4.78 is 0. The van der Waals surface area contributed by atoms with E-state index in [0.29, 0.717) is 12.1 Å². The molecule has 0 saturated carbocycles. The highest BCUT2D eigenvalue weighted by Crippen LogP contribution is 2.37. The summed E-state index contributed by atoms with van der Waals surface area (Å²) in [5.74, 6) is 0. The fourth-order valence-corrected chi connectivity index (χ4v) is 5.68. The third kappa shape index (κ3) is 6.35. The Morgan fingerprint density at radius 2 is 0.862 bits per heavy atom. The molecule has 0 aromatic rings. The smallest absolute Gasteiger partial charge is 0.0425 e. The Morgan fingerprint density at radius 1 is 0.586 bits per heavy atom. The molecule has 0 aromatic carbocycles. The van der Waals surface area contributed by atoms with Gasteiger partial charge in [-0.3, -0.25) is 0 Å². The molecule has 0 amide bonds. The van der Waals surface area contributed by atoms with Crippen LogP contribution in [0, 0.1) is 0 Å². The van der Waals surface area contributed by atoms with E-state index in [4.69, 9.17) is 0 Å². The Bertz CT molecular complexity index is 453. The molecule has 7 nitrogen and oxygen atoms in total. The van der Waals surface area contributed by atoms with Gasteiger partial charge in [0.05, 0.1) is 0 Å². The highest BCUT2D eigenvalue weighted by Gasteiger charge is 2.45. The van der Waals surface area contributed by atoms with E-state index in [1.54, 1.807) is 0 Å². The van der Waals surface area contributed by atoms with Crippen molar-refractivity contribution in [3.05, 3.63) is 0 Å². The van der Waals surface area contributed by atoms with Gasteiger partial charge < -0.3 is 26.4 Å². The Hall–Kier alpha value is -0.280. The summed E-state index contributed by atoms with van der Waals surface area (Å²) in [5.41, 5.74) is -0.824. The Balaban J connectivity index is 1.62. The van der Waals surface area contributed by atoms with Crippen LogP contribution in [-0.4, -0.2) is 81.0 Å². The van der Waals surface area contributed by atoms with E-state index in [-0.39, 0.29) is 22.2 Å². The number of rotatable bonds is 8. The number of nitrogens with zero attached hydrogens (tertiary/aromatic N) is 2. The van der Waals surface area contributed by atoms with Crippen molar-refractivity contribution in [1.29, 1.82) is 0 Å². The zero-order chi connectivity index (χ0) is 22.1. The fraction of sp³-hybridized carbons (Fsp3) is 1.00. The van der Waals surface area contributed by atoms with Gasteiger partial charge in [0, 0.05) is 60.4 Å². The minimum Gasteiger partial charge on any atom is -0.314 e. The minimum atomic E-state index is -0.206. The van der Waals surface area contributed by atoms with Gasteiger partial charge in [-0.25, -0.2) is 0 Å². The molecule has 0 unspecified atom stereocenters. The Labute approximate surface area is 178 Å². The topological polar surface area (TPSA) is 83.0 Å². The van der Waals surface area contributed by atoms with Crippen LogP contribution in [0.5, 0.6) is 0 Å². The summed E-state index contributed by atoms with van der Waals surface area (Å²) >= 11 is 0. The maximum Gasteiger partial charge on any atom is 0.0425 e. The van der Waals surface area contributed by atoms with Gasteiger partial charge in [0.1, 0.15) is 0 Å². The van der Waals surface area contributed by atoms with Crippen molar-refractivity contribution in [2.75, 3.05) is 26.2 Å². The van der Waals surface area contributed by atoms with Crippen LogP contribution in [0.3, 0.4) is 0 Å². The summed E-state index contributed by atoms with van der Waals surface area (Å²) in [5, 5.41) is 34.7. The van der Waals surface area contributed by atoms with Crippen molar-refractivity contribution in [3.63, 3.8) is 0 Å². The van der Waals surface area contributed by atoms with E-state index in [1.165, 1.54) is 10.1 Å². The third-order valence-electron chi connectivity index (χ3n) is 6.75. The van der Waals surface area contributed by atoms with Crippen molar-refractivity contribution in [3.8, 4) is 0 Å². The molecule has 2 rings (SSSR count). The second kappa shape index (κ2) is 9.07. The van der Waals surface area contributed by atoms with Crippen molar-refractivity contribution in [1.82, 2.24) is 26.1 Å². The zero-order valence-corrected chi connectivity index (χ0v) is 20.1. The lowest BCUT2D eigenvalue weighted by molar-refractivity contribution is -0.246.